The molecule has 3 N–H and O–H groups in total. The summed E-state index contributed by atoms with van der Waals surface area (Å²) < 4.78 is 136. The van der Waals surface area contributed by atoms with E-state index < -0.39 is 47.1 Å². The van der Waals surface area contributed by atoms with Gasteiger partial charge in [0.1, 0.15) is 5.75 Å². The molecule has 4 aromatic rings. The molecule has 60 heavy (non-hydrogen) atoms. The van der Waals surface area contributed by atoms with Crippen LogP contribution < -0.4 is 20.1 Å². The number of thioether (sulfide) groups is 1. The van der Waals surface area contributed by atoms with Crippen LogP contribution in [-0.2, 0) is 36.4 Å². The summed E-state index contributed by atoms with van der Waals surface area (Å²) >= 11 is 1.45. The second kappa shape index (κ2) is 19.8. The summed E-state index contributed by atoms with van der Waals surface area (Å²) in [4.78, 5) is 20.3. The Morgan fingerprint density at radius 2 is 1.48 bits per heavy atom. The molecule has 1 saturated carbocycles. The minimum absolute atomic E-state index is 0.00841. The average molecular weight is 873 g/mol. The summed E-state index contributed by atoms with van der Waals surface area (Å²) in [6, 6.07) is 9.75. The van der Waals surface area contributed by atoms with Crippen molar-refractivity contribution in [2.45, 2.75) is 76.6 Å². The van der Waals surface area contributed by atoms with Gasteiger partial charge in [-0.25, -0.2) is 9.97 Å². The highest BCUT2D eigenvalue weighted by atomic mass is 32.2. The Labute approximate surface area is 345 Å². The molecule has 5 rings (SSSR count). The van der Waals surface area contributed by atoms with Gasteiger partial charge in [-0.1, -0.05) is 13.0 Å². The first-order valence-electron chi connectivity index (χ1n) is 19.1. The van der Waals surface area contributed by atoms with Crippen LogP contribution in [0, 0.1) is 11.8 Å². The Bertz CT molecular complexity index is 2060. The van der Waals surface area contributed by atoms with E-state index in [1.807, 2.05) is 6.26 Å². The summed E-state index contributed by atoms with van der Waals surface area (Å²) in [5, 5.41) is 15.6. The second-order valence-electron chi connectivity index (χ2n) is 14.7. The van der Waals surface area contributed by atoms with Crippen molar-refractivity contribution in [3.8, 4) is 22.9 Å². The zero-order valence-corrected chi connectivity index (χ0v) is 33.8. The number of aromatic nitrogens is 2. The second-order valence-corrected chi connectivity index (χ2v) is 15.7. The number of nitrogens with zero attached hydrogens (tertiary/aromatic N) is 2. The van der Waals surface area contributed by atoms with E-state index >= 15 is 0 Å². The molecule has 3 aromatic carbocycles. The summed E-state index contributed by atoms with van der Waals surface area (Å²) in [6.07, 6.45) is -8.39. The Kier molecular flexibility index (Phi) is 15.3. The predicted molar refractivity (Wildman–Crippen MR) is 210 cm³/mol. The molecule has 8 nitrogen and oxygen atoms in total. The molecule has 1 atom stereocenters. The fraction of sp³-hybridized carbons (Fsp3) is 0.452. The van der Waals surface area contributed by atoms with Crippen molar-refractivity contribution < 1.29 is 58.9 Å². The lowest BCUT2D eigenvalue weighted by atomic mass is 9.80. The monoisotopic (exact) mass is 872 g/mol. The van der Waals surface area contributed by atoms with Crippen LogP contribution >= 0.6 is 11.8 Å². The van der Waals surface area contributed by atoms with Crippen molar-refractivity contribution in [3.05, 3.63) is 99.9 Å². The van der Waals surface area contributed by atoms with E-state index in [9.17, 15) is 44.3 Å². The molecule has 326 valence electrons. The molecule has 0 spiro atoms. The van der Waals surface area contributed by atoms with Crippen LogP contribution in [-0.4, -0.2) is 53.3 Å². The van der Waals surface area contributed by atoms with Gasteiger partial charge in [-0.05, 0) is 109 Å². The quantitative estimate of drug-likeness (QED) is 0.0706. The number of carbonyl (C=O) groups is 1. The van der Waals surface area contributed by atoms with Crippen molar-refractivity contribution >= 4 is 23.4 Å². The molecule has 1 aromatic heterocycles. The first-order valence-corrected chi connectivity index (χ1v) is 20.5. The third kappa shape index (κ3) is 12.4. The van der Waals surface area contributed by atoms with Crippen LogP contribution in [0.4, 0.5) is 45.2 Å². The van der Waals surface area contributed by atoms with Gasteiger partial charge in [-0.3, -0.25) is 4.79 Å². The third-order valence-electron chi connectivity index (χ3n) is 10.5. The van der Waals surface area contributed by atoms with E-state index in [1.54, 1.807) is 18.2 Å². The first kappa shape index (κ1) is 46.4. The maximum absolute atomic E-state index is 13.8. The number of carboxylic acid groups (broad SMARTS) is 1. The van der Waals surface area contributed by atoms with Crippen molar-refractivity contribution in [2.24, 2.45) is 11.8 Å². The summed E-state index contributed by atoms with van der Waals surface area (Å²) in [5.74, 6) is -0.654. The lowest BCUT2D eigenvalue weighted by molar-refractivity contribution is -0.143. The van der Waals surface area contributed by atoms with E-state index in [0.29, 0.717) is 52.6 Å². The van der Waals surface area contributed by atoms with E-state index in [-0.39, 0.29) is 66.9 Å². The molecule has 1 heterocycles. The smallest absolute Gasteiger partial charge is 0.416 e. The normalized spacial score (nSPS) is 16.7. The van der Waals surface area contributed by atoms with Crippen molar-refractivity contribution in [3.63, 3.8) is 0 Å². The van der Waals surface area contributed by atoms with Gasteiger partial charge in [0.2, 0.25) is 0 Å². The number of nitrogens with one attached hydrogen (secondary N) is 2. The largest absolute Gasteiger partial charge is 0.497 e. The molecule has 0 bridgehead atoms. The zero-order chi connectivity index (χ0) is 43.8. The molecule has 0 saturated heterocycles. The molecule has 1 aliphatic carbocycles. The molecule has 0 aliphatic heterocycles. The van der Waals surface area contributed by atoms with Gasteiger partial charge >= 0.3 is 24.5 Å². The topological polar surface area (TPSA) is 106 Å². The number of hydrogen-bond donors (Lipinski definition) is 3. The van der Waals surface area contributed by atoms with Crippen molar-refractivity contribution in [2.75, 3.05) is 37.6 Å². The summed E-state index contributed by atoms with van der Waals surface area (Å²) in [5.41, 5.74) is -2.26. The van der Waals surface area contributed by atoms with Crippen LogP contribution in [0.2, 0.25) is 0 Å². The number of anilines is 1. The molecular weight excluding hydrogens is 828 g/mol. The standard InChI is InChI=1S/C42H45F9N4O4S/c1-24(28-15-31(41(46,47)48)18-32(16-28)42(49,50)51)38-36(59-12-13-60-3)23-54-39(55-38)34-19-33(58-2)10-8-27(34)21-52-22-29-17-30(40(43,44)45)9-11-35(29)53-20-26-6-4-25(5-7-26)14-37(56)57/h8-11,15-19,23-26,52-53H,4-7,12-14,20-22H2,1-3H3,(H,56,57)/t24-,25?,26?/m0/s1. The van der Waals surface area contributed by atoms with Crippen LogP contribution in [0.3, 0.4) is 0 Å². The highest BCUT2D eigenvalue weighted by molar-refractivity contribution is 7.98. The molecule has 0 radical (unpaired) electrons. The maximum Gasteiger partial charge on any atom is 0.416 e. The minimum atomic E-state index is -5.07. The molecule has 1 aliphatic rings. The van der Waals surface area contributed by atoms with Crippen LogP contribution in [0.25, 0.3) is 11.4 Å². The van der Waals surface area contributed by atoms with Crippen LogP contribution in [0.15, 0.2) is 60.8 Å². The SMILES string of the molecule is COc1ccc(CNCc2cc(C(F)(F)F)ccc2NCC2CCC(CC(=O)O)CC2)c(-c2ncc(OCCSC)c([C@@H](C)c3cc(C(F)(F)F)cc(C(F)(F)F)c3)n2)c1. The highest BCUT2D eigenvalue weighted by Crippen LogP contribution is 2.41. The number of hydrogen-bond acceptors (Lipinski definition) is 8. The van der Waals surface area contributed by atoms with Crippen LogP contribution in [0.5, 0.6) is 11.5 Å². The van der Waals surface area contributed by atoms with Gasteiger partial charge in [-0.15, -0.1) is 0 Å². The van der Waals surface area contributed by atoms with Gasteiger partial charge in [0, 0.05) is 49.0 Å². The number of aliphatic carboxylic acids is 1. The Morgan fingerprint density at radius 1 is 0.850 bits per heavy atom. The fourth-order valence-electron chi connectivity index (χ4n) is 7.16. The van der Waals surface area contributed by atoms with E-state index in [4.69, 9.17) is 14.6 Å². The molecule has 1 fully saturated rings. The summed E-state index contributed by atoms with van der Waals surface area (Å²) in [6.45, 7) is 2.13. The molecule has 0 unspecified atom stereocenters. The minimum Gasteiger partial charge on any atom is -0.497 e. The van der Waals surface area contributed by atoms with Gasteiger partial charge in [-0.2, -0.15) is 51.3 Å². The number of rotatable bonds is 17. The van der Waals surface area contributed by atoms with Crippen molar-refractivity contribution in [1.29, 1.82) is 0 Å². The van der Waals surface area contributed by atoms with E-state index in [1.165, 1.54) is 38.1 Å². The van der Waals surface area contributed by atoms with Crippen LogP contribution in [0.1, 0.15) is 84.0 Å². The van der Waals surface area contributed by atoms with Crippen molar-refractivity contribution in [1.82, 2.24) is 15.3 Å². The van der Waals surface area contributed by atoms with E-state index in [0.717, 1.165) is 37.8 Å². The number of halogens is 9. The number of ether oxygens (including phenoxy) is 2. The zero-order valence-electron chi connectivity index (χ0n) is 33.0. The van der Waals surface area contributed by atoms with E-state index in [2.05, 4.69) is 20.6 Å². The highest BCUT2D eigenvalue weighted by Gasteiger charge is 2.38. The Morgan fingerprint density at radius 3 is 2.08 bits per heavy atom. The first-order chi connectivity index (χ1) is 28.3. The third-order valence-corrected chi connectivity index (χ3v) is 11.1. The molecule has 18 heteroatoms. The number of alkyl halides is 9. The van der Waals surface area contributed by atoms with Gasteiger partial charge < -0.3 is 25.2 Å². The Hall–Kier alpha value is -4.71. The number of benzene rings is 3. The van der Waals surface area contributed by atoms with Gasteiger partial charge in [0.25, 0.3) is 0 Å². The van der Waals surface area contributed by atoms with Gasteiger partial charge in [0.05, 0.1) is 42.3 Å². The van der Waals surface area contributed by atoms with Gasteiger partial charge in [0.15, 0.2) is 11.6 Å². The summed E-state index contributed by atoms with van der Waals surface area (Å²) in [7, 11) is 1.42. The predicted octanol–water partition coefficient (Wildman–Crippen LogP) is 11.1. The maximum atomic E-state index is 13.8. The Balaban J connectivity index is 1.44. The molecular formula is C42H45F9N4O4S. The lowest BCUT2D eigenvalue weighted by Crippen LogP contribution is -2.23. The lowest BCUT2D eigenvalue weighted by Gasteiger charge is -2.28. The average Bonchev–Trinajstić information content (AvgIpc) is 3.19. The molecule has 0 amide bonds. The number of methoxy groups -OCH3 is 1. The fourth-order valence-corrected chi connectivity index (χ4v) is 7.41. The number of carboxylic acids is 1.